The van der Waals surface area contributed by atoms with Crippen molar-refractivity contribution in [2.75, 3.05) is 0 Å². The molecular weight excluding hydrogens is 180 g/mol. The molecule has 1 aliphatic carbocycles. The maximum Gasteiger partial charge on any atom is 0.110 e. The second kappa shape index (κ2) is 3.39. The Morgan fingerprint density at radius 1 is 1.54 bits per heavy atom. The first-order valence-corrected chi connectivity index (χ1v) is 5.68. The van der Waals surface area contributed by atoms with E-state index in [4.69, 9.17) is 5.73 Å². The molecule has 1 heterocycles. The highest BCUT2D eigenvalue weighted by Gasteiger charge is 2.25. The zero-order valence-electron chi connectivity index (χ0n) is 8.21. The number of hydrogen-bond acceptors (Lipinski definition) is 3. The lowest BCUT2D eigenvalue weighted by molar-refractivity contribution is 0.593. The Balaban J connectivity index is 2.05. The molecule has 1 saturated carbocycles. The minimum absolute atomic E-state index is 0.185. The van der Waals surface area contributed by atoms with E-state index in [2.05, 4.69) is 18.8 Å². The molecule has 0 aromatic carbocycles. The Kier molecular flexibility index (Phi) is 2.39. The quantitative estimate of drug-likeness (QED) is 0.807. The molecule has 0 spiro atoms. The van der Waals surface area contributed by atoms with Gasteiger partial charge in [-0.1, -0.05) is 12.8 Å². The zero-order chi connectivity index (χ0) is 9.42. The van der Waals surface area contributed by atoms with Crippen LogP contribution in [-0.2, 0) is 0 Å². The topological polar surface area (TPSA) is 38.9 Å². The second-order valence-corrected chi connectivity index (χ2v) is 5.21. The van der Waals surface area contributed by atoms with E-state index in [1.54, 1.807) is 11.3 Å². The lowest BCUT2D eigenvalue weighted by Gasteiger charge is -2.05. The van der Waals surface area contributed by atoms with Gasteiger partial charge in [-0.3, -0.25) is 0 Å². The van der Waals surface area contributed by atoms with Crippen molar-refractivity contribution < 1.29 is 0 Å². The Labute approximate surface area is 83.2 Å². The normalized spacial score (nSPS) is 19.0. The van der Waals surface area contributed by atoms with Crippen LogP contribution in [0.15, 0.2) is 0 Å². The molecule has 3 heteroatoms. The van der Waals surface area contributed by atoms with Gasteiger partial charge in [-0.05, 0) is 26.2 Å². The molecule has 0 saturated heterocycles. The molecule has 1 aromatic heterocycles. The molecule has 13 heavy (non-hydrogen) atoms. The summed E-state index contributed by atoms with van der Waals surface area (Å²) in [4.78, 5) is 5.79. The van der Waals surface area contributed by atoms with Gasteiger partial charge >= 0.3 is 0 Å². The summed E-state index contributed by atoms with van der Waals surface area (Å²) in [5.41, 5.74) is 7.21. The number of nitrogens with two attached hydrogens (primary N) is 1. The summed E-state index contributed by atoms with van der Waals surface area (Å²) in [5, 5.41) is 1.13. The van der Waals surface area contributed by atoms with Crippen molar-refractivity contribution in [3.05, 3.63) is 15.6 Å². The van der Waals surface area contributed by atoms with Gasteiger partial charge in [0.15, 0.2) is 0 Å². The number of thiazole rings is 1. The van der Waals surface area contributed by atoms with Crippen molar-refractivity contribution in [3.8, 4) is 0 Å². The maximum absolute atomic E-state index is 6.07. The van der Waals surface area contributed by atoms with Gasteiger partial charge in [-0.25, -0.2) is 4.98 Å². The van der Waals surface area contributed by atoms with E-state index >= 15 is 0 Å². The predicted molar refractivity (Wildman–Crippen MR) is 55.9 cm³/mol. The van der Waals surface area contributed by atoms with Crippen molar-refractivity contribution in [2.24, 2.45) is 11.7 Å². The molecule has 1 aromatic rings. The Morgan fingerprint density at radius 3 is 2.69 bits per heavy atom. The summed E-state index contributed by atoms with van der Waals surface area (Å²) in [7, 11) is 0. The Bertz CT molecular complexity index is 282. The average Bonchev–Trinajstić information content (AvgIpc) is 2.81. The van der Waals surface area contributed by atoms with Crippen LogP contribution < -0.4 is 5.73 Å². The van der Waals surface area contributed by atoms with Crippen molar-refractivity contribution in [2.45, 2.75) is 39.2 Å². The maximum atomic E-state index is 6.07. The number of nitrogens with zero attached hydrogens (tertiary/aromatic N) is 1. The smallest absolute Gasteiger partial charge is 0.110 e. The van der Waals surface area contributed by atoms with Crippen molar-refractivity contribution in [1.82, 2.24) is 4.98 Å². The van der Waals surface area contributed by atoms with Gasteiger partial charge in [0, 0.05) is 4.88 Å². The SMILES string of the molecule is Cc1nc([C@H](N)CC2CC2)sc1C. The largest absolute Gasteiger partial charge is 0.322 e. The molecular formula is C10H16N2S. The highest BCUT2D eigenvalue weighted by molar-refractivity contribution is 7.11. The summed E-state index contributed by atoms with van der Waals surface area (Å²) < 4.78 is 0. The number of rotatable bonds is 3. The van der Waals surface area contributed by atoms with Crippen LogP contribution in [0.4, 0.5) is 0 Å². The van der Waals surface area contributed by atoms with E-state index in [0.29, 0.717) is 0 Å². The van der Waals surface area contributed by atoms with E-state index in [-0.39, 0.29) is 6.04 Å². The highest BCUT2D eigenvalue weighted by Crippen LogP contribution is 2.37. The first-order chi connectivity index (χ1) is 6.16. The van der Waals surface area contributed by atoms with Crippen LogP contribution >= 0.6 is 11.3 Å². The summed E-state index contributed by atoms with van der Waals surface area (Å²) in [6.07, 6.45) is 3.88. The summed E-state index contributed by atoms with van der Waals surface area (Å²) in [6.45, 7) is 4.17. The van der Waals surface area contributed by atoms with Crippen LogP contribution in [0.1, 0.15) is 40.9 Å². The molecule has 2 rings (SSSR count). The summed E-state index contributed by atoms with van der Waals surface area (Å²) >= 11 is 1.76. The van der Waals surface area contributed by atoms with Crippen LogP contribution in [0, 0.1) is 19.8 Å². The molecule has 1 atom stereocenters. The molecule has 72 valence electrons. The average molecular weight is 196 g/mol. The van der Waals surface area contributed by atoms with E-state index < -0.39 is 0 Å². The number of aryl methyl sites for hydroxylation is 2. The number of hydrogen-bond donors (Lipinski definition) is 1. The van der Waals surface area contributed by atoms with Gasteiger partial charge in [0.1, 0.15) is 5.01 Å². The van der Waals surface area contributed by atoms with Crippen LogP contribution in [0.3, 0.4) is 0 Å². The fourth-order valence-corrected chi connectivity index (χ4v) is 2.41. The van der Waals surface area contributed by atoms with Crippen LogP contribution in [0.25, 0.3) is 0 Å². The van der Waals surface area contributed by atoms with Gasteiger partial charge < -0.3 is 5.73 Å². The molecule has 0 aliphatic heterocycles. The third-order valence-corrected chi connectivity index (χ3v) is 3.85. The molecule has 0 bridgehead atoms. The van der Waals surface area contributed by atoms with Crippen molar-refractivity contribution in [1.29, 1.82) is 0 Å². The summed E-state index contributed by atoms with van der Waals surface area (Å²) in [5.74, 6) is 0.888. The van der Waals surface area contributed by atoms with Crippen LogP contribution in [-0.4, -0.2) is 4.98 Å². The lowest BCUT2D eigenvalue weighted by Crippen LogP contribution is -2.10. The number of aromatic nitrogens is 1. The lowest BCUT2D eigenvalue weighted by atomic mass is 10.1. The molecule has 1 fully saturated rings. The predicted octanol–water partition coefficient (Wildman–Crippen LogP) is 2.56. The minimum Gasteiger partial charge on any atom is -0.322 e. The first kappa shape index (κ1) is 9.16. The van der Waals surface area contributed by atoms with E-state index in [1.807, 2.05) is 0 Å². The standard InChI is InChI=1S/C10H16N2S/c1-6-7(2)13-10(12-6)9(11)5-8-3-4-8/h8-9H,3-5,11H2,1-2H3/t9-/m1/s1. The van der Waals surface area contributed by atoms with Gasteiger partial charge in [-0.2, -0.15) is 0 Å². The monoisotopic (exact) mass is 196 g/mol. The van der Waals surface area contributed by atoms with Gasteiger partial charge in [0.2, 0.25) is 0 Å². The molecule has 0 unspecified atom stereocenters. The van der Waals surface area contributed by atoms with E-state index in [0.717, 1.165) is 23.0 Å². The van der Waals surface area contributed by atoms with Gasteiger partial charge in [0.05, 0.1) is 11.7 Å². The fraction of sp³-hybridized carbons (Fsp3) is 0.700. The minimum atomic E-state index is 0.185. The molecule has 2 N–H and O–H groups in total. The second-order valence-electron chi connectivity index (χ2n) is 3.98. The Hall–Kier alpha value is -0.410. The van der Waals surface area contributed by atoms with E-state index in [9.17, 15) is 0 Å². The third kappa shape index (κ3) is 2.09. The summed E-state index contributed by atoms with van der Waals surface area (Å²) in [6, 6.07) is 0.185. The molecule has 2 nitrogen and oxygen atoms in total. The molecule has 0 radical (unpaired) electrons. The van der Waals surface area contributed by atoms with Crippen LogP contribution in [0.2, 0.25) is 0 Å². The molecule has 0 amide bonds. The fourth-order valence-electron chi connectivity index (χ4n) is 1.47. The van der Waals surface area contributed by atoms with Crippen molar-refractivity contribution in [3.63, 3.8) is 0 Å². The zero-order valence-corrected chi connectivity index (χ0v) is 9.03. The molecule has 1 aliphatic rings. The Morgan fingerprint density at radius 2 is 2.23 bits per heavy atom. The van der Waals surface area contributed by atoms with Crippen LogP contribution in [0.5, 0.6) is 0 Å². The van der Waals surface area contributed by atoms with E-state index in [1.165, 1.54) is 17.7 Å². The first-order valence-electron chi connectivity index (χ1n) is 4.86. The van der Waals surface area contributed by atoms with Crippen molar-refractivity contribution >= 4 is 11.3 Å². The van der Waals surface area contributed by atoms with Gasteiger partial charge in [0.25, 0.3) is 0 Å². The third-order valence-electron chi connectivity index (χ3n) is 2.65. The highest BCUT2D eigenvalue weighted by atomic mass is 32.1. The van der Waals surface area contributed by atoms with Gasteiger partial charge in [-0.15, -0.1) is 11.3 Å².